The molecule has 9 heavy (non-hydrogen) atoms. The molecular formula is C6H13NO2. The number of carbonyl (C=O) groups is 1. The van der Waals surface area contributed by atoms with Crippen LogP contribution >= 0.6 is 0 Å². The quantitative estimate of drug-likeness (QED) is 0.433. The number of nitrogens with two attached hydrogens (primary N) is 1. The molecule has 0 rings (SSSR count). The van der Waals surface area contributed by atoms with Crippen LogP contribution in [0.3, 0.4) is 0 Å². The smallest absolute Gasteiger partial charge is 0.302 e. The molecule has 2 N–H and O–H groups in total. The summed E-state index contributed by atoms with van der Waals surface area (Å²) >= 11 is 0. The van der Waals surface area contributed by atoms with Crippen molar-refractivity contribution in [3.63, 3.8) is 0 Å². The molecule has 0 amide bonds. The van der Waals surface area contributed by atoms with Crippen LogP contribution in [0.1, 0.15) is 6.92 Å². The van der Waals surface area contributed by atoms with Gasteiger partial charge >= 0.3 is 5.97 Å². The Morgan fingerprint density at radius 3 is 2.33 bits per heavy atom. The monoisotopic (exact) mass is 131 g/mol. The van der Waals surface area contributed by atoms with Crippen LogP contribution < -0.4 is 5.73 Å². The molecule has 0 saturated carbocycles. The maximum absolute atomic E-state index is 9.93. The Bertz CT molecular complexity index is 81.1. The molecule has 0 aromatic rings. The zero-order valence-electron chi connectivity index (χ0n) is 5.89. The molecule has 3 nitrogen and oxygen atoms in total. The first-order valence-electron chi connectivity index (χ1n) is 2.59. The van der Waals surface area contributed by atoms with Crippen LogP contribution in [0.15, 0.2) is 12.7 Å². The van der Waals surface area contributed by atoms with Crippen molar-refractivity contribution < 1.29 is 9.53 Å². The molecule has 0 atom stereocenters. The van der Waals surface area contributed by atoms with Crippen molar-refractivity contribution in [3.05, 3.63) is 12.7 Å². The van der Waals surface area contributed by atoms with Crippen LogP contribution in [-0.4, -0.2) is 19.6 Å². The van der Waals surface area contributed by atoms with Crippen molar-refractivity contribution in [1.82, 2.24) is 0 Å². The molecule has 0 fully saturated rings. The Labute approximate surface area is 55.5 Å². The topological polar surface area (TPSA) is 52.3 Å². The summed E-state index contributed by atoms with van der Waals surface area (Å²) < 4.78 is 4.43. The first-order chi connectivity index (χ1) is 4.27. The van der Waals surface area contributed by atoms with Crippen LogP contribution in [0.5, 0.6) is 0 Å². The summed E-state index contributed by atoms with van der Waals surface area (Å²) in [6.07, 6.45) is 1.53. The Morgan fingerprint density at radius 2 is 2.22 bits per heavy atom. The Morgan fingerprint density at radius 1 is 1.78 bits per heavy atom. The third kappa shape index (κ3) is 19.1. The van der Waals surface area contributed by atoms with E-state index in [1.54, 1.807) is 0 Å². The van der Waals surface area contributed by atoms with Crippen LogP contribution in [0.4, 0.5) is 0 Å². The van der Waals surface area contributed by atoms with Crippen molar-refractivity contribution in [3.8, 4) is 0 Å². The summed E-state index contributed by atoms with van der Waals surface area (Å²) in [6, 6.07) is 0. The molecule has 0 aliphatic carbocycles. The molecule has 0 spiro atoms. The minimum absolute atomic E-state index is 0.264. The largest absolute Gasteiger partial charge is 0.462 e. The van der Waals surface area contributed by atoms with E-state index in [0.717, 1.165) is 0 Å². The van der Waals surface area contributed by atoms with E-state index in [9.17, 15) is 4.79 Å². The Balaban J connectivity index is 0. The Hall–Kier alpha value is -0.830. The molecule has 54 valence electrons. The van der Waals surface area contributed by atoms with Crippen LogP contribution in [0.2, 0.25) is 0 Å². The van der Waals surface area contributed by atoms with Crippen molar-refractivity contribution in [2.45, 2.75) is 6.92 Å². The number of carbonyl (C=O) groups excluding carboxylic acids is 1. The molecule has 0 unspecified atom stereocenters. The molecule has 0 radical (unpaired) electrons. The van der Waals surface area contributed by atoms with Gasteiger partial charge in [0.15, 0.2) is 0 Å². The second-order valence-electron chi connectivity index (χ2n) is 1.09. The van der Waals surface area contributed by atoms with Gasteiger partial charge < -0.3 is 10.5 Å². The maximum Gasteiger partial charge on any atom is 0.302 e. The molecule has 0 bridgehead atoms. The van der Waals surface area contributed by atoms with E-state index < -0.39 is 0 Å². The van der Waals surface area contributed by atoms with Gasteiger partial charge in [-0.2, -0.15) is 0 Å². The third-order valence-corrected chi connectivity index (χ3v) is 0.404. The highest BCUT2D eigenvalue weighted by Gasteiger charge is 1.83. The van der Waals surface area contributed by atoms with Gasteiger partial charge in [-0.3, -0.25) is 4.79 Å². The maximum atomic E-state index is 9.93. The lowest BCUT2D eigenvalue weighted by molar-refractivity contribution is -0.139. The van der Waals surface area contributed by atoms with Gasteiger partial charge in [-0.25, -0.2) is 0 Å². The van der Waals surface area contributed by atoms with Gasteiger partial charge in [0.05, 0.1) is 0 Å². The number of hydrogen-bond donors (Lipinski definition) is 1. The van der Waals surface area contributed by atoms with E-state index in [-0.39, 0.29) is 5.97 Å². The van der Waals surface area contributed by atoms with Crippen molar-refractivity contribution in [2.75, 3.05) is 13.7 Å². The fraction of sp³-hybridized carbons (Fsp3) is 0.500. The van der Waals surface area contributed by atoms with Gasteiger partial charge in [0.25, 0.3) is 0 Å². The van der Waals surface area contributed by atoms with Crippen molar-refractivity contribution in [1.29, 1.82) is 0 Å². The molecule has 0 aliphatic heterocycles. The number of hydrogen-bond acceptors (Lipinski definition) is 3. The second-order valence-corrected chi connectivity index (χ2v) is 1.09. The van der Waals surface area contributed by atoms with E-state index in [2.05, 4.69) is 17.0 Å². The van der Waals surface area contributed by atoms with Crippen LogP contribution in [-0.2, 0) is 9.53 Å². The zero-order chi connectivity index (χ0) is 7.70. The highest BCUT2D eigenvalue weighted by Crippen LogP contribution is 1.73. The van der Waals surface area contributed by atoms with E-state index in [0.29, 0.717) is 6.61 Å². The van der Waals surface area contributed by atoms with Gasteiger partial charge in [0, 0.05) is 6.92 Å². The van der Waals surface area contributed by atoms with E-state index in [1.165, 1.54) is 20.0 Å². The van der Waals surface area contributed by atoms with Crippen LogP contribution in [0.25, 0.3) is 0 Å². The molecule has 0 aromatic heterocycles. The summed E-state index contributed by atoms with van der Waals surface area (Å²) in [5.41, 5.74) is 4.50. The average molecular weight is 131 g/mol. The minimum atomic E-state index is -0.264. The third-order valence-electron chi connectivity index (χ3n) is 0.404. The number of rotatable bonds is 2. The molecule has 3 heteroatoms. The molecule has 0 heterocycles. The molecular weight excluding hydrogens is 118 g/mol. The van der Waals surface area contributed by atoms with E-state index >= 15 is 0 Å². The highest BCUT2D eigenvalue weighted by atomic mass is 16.5. The fourth-order valence-electron chi connectivity index (χ4n) is 0.176. The van der Waals surface area contributed by atoms with Crippen LogP contribution in [0, 0.1) is 0 Å². The van der Waals surface area contributed by atoms with Gasteiger partial charge in [-0.1, -0.05) is 12.7 Å². The summed E-state index contributed by atoms with van der Waals surface area (Å²) in [5.74, 6) is -0.264. The highest BCUT2D eigenvalue weighted by molar-refractivity contribution is 5.65. The first kappa shape index (κ1) is 11.0. The van der Waals surface area contributed by atoms with Gasteiger partial charge in [0.1, 0.15) is 6.61 Å². The Kier molecular flexibility index (Phi) is 12.5. The molecule has 0 aliphatic rings. The molecule has 0 saturated heterocycles. The lowest BCUT2D eigenvalue weighted by atomic mass is 10.7. The number of ether oxygens (including phenoxy) is 1. The normalized spacial score (nSPS) is 6.56. The molecule has 0 aromatic carbocycles. The fourth-order valence-corrected chi connectivity index (χ4v) is 0.176. The summed E-state index contributed by atoms with van der Waals surface area (Å²) in [7, 11) is 1.50. The predicted octanol–water partition coefficient (Wildman–Crippen LogP) is 0.310. The van der Waals surface area contributed by atoms with Crippen molar-refractivity contribution in [2.24, 2.45) is 5.73 Å². The van der Waals surface area contributed by atoms with Gasteiger partial charge in [-0.15, -0.1) is 0 Å². The summed E-state index contributed by atoms with van der Waals surface area (Å²) in [4.78, 5) is 9.93. The zero-order valence-corrected chi connectivity index (χ0v) is 5.89. The standard InChI is InChI=1S/C5H8O2.CH5N/c1-3-4-7-5(2)6;1-2/h3H,1,4H2,2H3;2H2,1H3. The number of esters is 1. The SMILES string of the molecule is C=CCOC(C)=O.CN. The van der Waals surface area contributed by atoms with E-state index in [1.807, 2.05) is 0 Å². The summed E-state index contributed by atoms with van der Waals surface area (Å²) in [6.45, 7) is 5.03. The van der Waals surface area contributed by atoms with Gasteiger partial charge in [0.2, 0.25) is 0 Å². The lowest BCUT2D eigenvalue weighted by Gasteiger charge is -1.90. The summed E-state index contributed by atoms with van der Waals surface area (Å²) in [5, 5.41) is 0. The van der Waals surface area contributed by atoms with Gasteiger partial charge in [-0.05, 0) is 7.05 Å². The second kappa shape index (κ2) is 10.2. The minimum Gasteiger partial charge on any atom is -0.462 e. The average Bonchev–Trinajstić information content (AvgIpc) is 1.88. The van der Waals surface area contributed by atoms with E-state index in [4.69, 9.17) is 0 Å². The lowest BCUT2D eigenvalue weighted by Crippen LogP contribution is -1.96. The first-order valence-corrected chi connectivity index (χ1v) is 2.59. The van der Waals surface area contributed by atoms with Crippen molar-refractivity contribution >= 4 is 5.97 Å². The predicted molar refractivity (Wildman–Crippen MR) is 36.9 cm³/mol.